The van der Waals surface area contributed by atoms with Crippen LogP contribution in [-0.2, 0) is 16.1 Å². The van der Waals surface area contributed by atoms with E-state index in [1.807, 2.05) is 24.5 Å². The van der Waals surface area contributed by atoms with Crippen molar-refractivity contribution in [1.82, 2.24) is 0 Å². The summed E-state index contributed by atoms with van der Waals surface area (Å²) in [6.45, 7) is 7.89. The number of rotatable bonds is 9. The summed E-state index contributed by atoms with van der Waals surface area (Å²) >= 11 is 0.983. The lowest BCUT2D eigenvalue weighted by atomic mass is 9.95. The first-order valence-electron chi connectivity index (χ1n) is 9.71. The van der Waals surface area contributed by atoms with Gasteiger partial charge in [0.25, 0.3) is 11.8 Å². The SMILES string of the molecule is CCOC(=O)c1c(NC(=O)C[n+]2ccc(C(CC)CC)cc2)sc(C(N)=O)c1C. The van der Waals surface area contributed by atoms with Gasteiger partial charge >= 0.3 is 5.97 Å². The number of pyridine rings is 1. The van der Waals surface area contributed by atoms with Crippen molar-refractivity contribution in [1.29, 1.82) is 0 Å². The number of nitrogens with one attached hydrogen (secondary N) is 1. The molecule has 2 aromatic heterocycles. The molecule has 7 nitrogen and oxygen atoms in total. The molecule has 0 atom stereocenters. The molecular weight excluding hydrogens is 390 g/mol. The first kappa shape index (κ1) is 22.5. The molecular formula is C21H28N3O4S+. The minimum atomic E-state index is -0.648. The fourth-order valence-electron chi connectivity index (χ4n) is 3.22. The third kappa shape index (κ3) is 5.41. The zero-order chi connectivity index (χ0) is 21.6. The fraction of sp³-hybridized carbons (Fsp3) is 0.429. The number of hydrogen-bond acceptors (Lipinski definition) is 5. The largest absolute Gasteiger partial charge is 0.462 e. The lowest BCUT2D eigenvalue weighted by Crippen LogP contribution is -2.39. The third-order valence-corrected chi connectivity index (χ3v) is 6.02. The zero-order valence-corrected chi connectivity index (χ0v) is 18.1. The highest BCUT2D eigenvalue weighted by Gasteiger charge is 2.26. The number of thiophene rings is 1. The number of carbonyl (C=O) groups is 3. The van der Waals surface area contributed by atoms with Crippen LogP contribution in [0.1, 0.15) is 70.7 Å². The molecule has 0 aliphatic heterocycles. The number of hydrogen-bond donors (Lipinski definition) is 2. The quantitative estimate of drug-likeness (QED) is 0.482. The molecule has 0 aliphatic carbocycles. The summed E-state index contributed by atoms with van der Waals surface area (Å²) in [7, 11) is 0. The summed E-state index contributed by atoms with van der Waals surface area (Å²) in [5, 5.41) is 3.00. The first-order valence-corrected chi connectivity index (χ1v) is 10.5. The van der Waals surface area contributed by atoms with Crippen molar-refractivity contribution in [2.45, 2.75) is 53.0 Å². The molecule has 0 bridgehead atoms. The summed E-state index contributed by atoms with van der Waals surface area (Å²) in [5.74, 6) is -1.05. The first-order chi connectivity index (χ1) is 13.8. The standard InChI is InChI=1S/C21H27N3O4S/c1-5-14(6-2)15-8-10-24(11-9-15)12-16(25)23-20-17(21(27)28-7-3)13(4)18(29-20)19(22)26/h8-11,14H,5-7,12H2,1-4H3,(H2-,22,23,25,26,27)/p+1. The second kappa shape index (κ2) is 10.2. The van der Waals surface area contributed by atoms with E-state index in [0.717, 1.165) is 24.2 Å². The van der Waals surface area contributed by atoms with E-state index in [9.17, 15) is 14.4 Å². The molecule has 3 N–H and O–H groups in total. The van der Waals surface area contributed by atoms with Gasteiger partial charge in [-0.25, -0.2) is 4.79 Å². The maximum Gasteiger partial charge on any atom is 0.341 e. The Morgan fingerprint density at radius 1 is 1.17 bits per heavy atom. The highest BCUT2D eigenvalue weighted by Crippen LogP contribution is 2.33. The summed E-state index contributed by atoms with van der Waals surface area (Å²) in [6.07, 6.45) is 5.87. The van der Waals surface area contributed by atoms with Crippen molar-refractivity contribution in [3.8, 4) is 0 Å². The number of carbonyl (C=O) groups excluding carboxylic acids is 3. The zero-order valence-electron chi connectivity index (χ0n) is 17.3. The van der Waals surface area contributed by atoms with Crippen LogP contribution in [0.5, 0.6) is 0 Å². The van der Waals surface area contributed by atoms with Crippen molar-refractivity contribution in [3.05, 3.63) is 46.1 Å². The minimum Gasteiger partial charge on any atom is -0.462 e. The predicted octanol–water partition coefficient (Wildman–Crippen LogP) is 3.16. The Bertz CT molecular complexity index is 886. The smallest absolute Gasteiger partial charge is 0.341 e. The summed E-state index contributed by atoms with van der Waals surface area (Å²) < 4.78 is 6.82. The van der Waals surface area contributed by atoms with Gasteiger partial charge in [0.1, 0.15) is 5.00 Å². The van der Waals surface area contributed by atoms with E-state index in [0.29, 0.717) is 11.5 Å². The lowest BCUT2D eigenvalue weighted by Gasteiger charge is -2.11. The maximum atomic E-state index is 12.5. The molecule has 0 radical (unpaired) electrons. The molecule has 0 fully saturated rings. The van der Waals surface area contributed by atoms with Crippen molar-refractivity contribution in [2.75, 3.05) is 11.9 Å². The van der Waals surface area contributed by atoms with Gasteiger partial charge < -0.3 is 15.8 Å². The molecule has 29 heavy (non-hydrogen) atoms. The van der Waals surface area contributed by atoms with Gasteiger partial charge in [-0.3, -0.25) is 9.59 Å². The van der Waals surface area contributed by atoms with E-state index in [1.54, 1.807) is 18.4 Å². The van der Waals surface area contributed by atoms with Gasteiger partial charge in [-0.2, -0.15) is 4.57 Å². The second-order valence-electron chi connectivity index (χ2n) is 6.71. The van der Waals surface area contributed by atoms with Crippen molar-refractivity contribution < 1.29 is 23.7 Å². The molecule has 0 aromatic carbocycles. The van der Waals surface area contributed by atoms with E-state index in [4.69, 9.17) is 10.5 Å². The van der Waals surface area contributed by atoms with Crippen LogP contribution in [0, 0.1) is 6.92 Å². The summed E-state index contributed by atoms with van der Waals surface area (Å²) in [6, 6.07) is 4.05. The monoisotopic (exact) mass is 418 g/mol. The summed E-state index contributed by atoms with van der Waals surface area (Å²) in [5.41, 5.74) is 7.23. The van der Waals surface area contributed by atoms with Gasteiger partial charge in [0, 0.05) is 12.1 Å². The van der Waals surface area contributed by atoms with Crippen LogP contribution in [0.4, 0.5) is 5.00 Å². The average Bonchev–Trinajstić information content (AvgIpc) is 3.00. The van der Waals surface area contributed by atoms with Crippen LogP contribution in [0.25, 0.3) is 0 Å². The predicted molar refractivity (Wildman–Crippen MR) is 112 cm³/mol. The Balaban J connectivity index is 2.19. The van der Waals surface area contributed by atoms with Crippen LogP contribution >= 0.6 is 11.3 Å². The molecule has 2 amide bonds. The highest BCUT2D eigenvalue weighted by atomic mass is 32.1. The highest BCUT2D eigenvalue weighted by molar-refractivity contribution is 7.18. The Morgan fingerprint density at radius 2 is 1.79 bits per heavy atom. The van der Waals surface area contributed by atoms with Crippen molar-refractivity contribution in [2.24, 2.45) is 5.73 Å². The van der Waals surface area contributed by atoms with Crippen LogP contribution in [-0.4, -0.2) is 24.4 Å². The molecule has 2 rings (SSSR count). The Hall–Kier alpha value is -2.74. The van der Waals surface area contributed by atoms with Crippen molar-refractivity contribution >= 4 is 34.1 Å². The van der Waals surface area contributed by atoms with E-state index in [-0.39, 0.29) is 34.5 Å². The minimum absolute atomic E-state index is 0.0777. The molecule has 0 unspecified atom stereocenters. The Morgan fingerprint density at radius 3 is 2.31 bits per heavy atom. The number of primary amides is 1. The maximum absolute atomic E-state index is 12.5. The van der Waals surface area contributed by atoms with Gasteiger partial charge in [-0.1, -0.05) is 13.8 Å². The molecule has 2 heterocycles. The normalized spacial score (nSPS) is 10.8. The summed E-state index contributed by atoms with van der Waals surface area (Å²) in [4.78, 5) is 36.7. The van der Waals surface area contributed by atoms with Gasteiger partial charge in [-0.05, 0) is 43.7 Å². The number of anilines is 1. The van der Waals surface area contributed by atoms with Gasteiger partial charge in [0.2, 0.25) is 6.54 Å². The van der Waals surface area contributed by atoms with Crippen LogP contribution < -0.4 is 15.6 Å². The number of esters is 1. The van der Waals surface area contributed by atoms with E-state index >= 15 is 0 Å². The molecule has 0 saturated heterocycles. The lowest BCUT2D eigenvalue weighted by molar-refractivity contribution is -0.684. The topological polar surface area (TPSA) is 102 Å². The van der Waals surface area contributed by atoms with Gasteiger partial charge in [0.05, 0.1) is 17.0 Å². The van der Waals surface area contributed by atoms with Crippen LogP contribution in [0.3, 0.4) is 0 Å². The molecule has 8 heteroatoms. The number of nitrogens with two attached hydrogens (primary N) is 1. The fourth-order valence-corrected chi connectivity index (χ4v) is 4.29. The second-order valence-corrected chi connectivity index (χ2v) is 7.73. The number of amides is 2. The van der Waals surface area contributed by atoms with E-state index in [1.165, 1.54) is 5.56 Å². The van der Waals surface area contributed by atoms with Gasteiger partial charge in [-0.15, -0.1) is 11.3 Å². The average molecular weight is 419 g/mol. The molecule has 0 spiro atoms. The van der Waals surface area contributed by atoms with Crippen LogP contribution in [0.2, 0.25) is 0 Å². The number of aromatic nitrogens is 1. The number of nitrogens with zero attached hydrogens (tertiary/aromatic N) is 1. The molecule has 0 aliphatic rings. The Labute approximate surface area is 174 Å². The van der Waals surface area contributed by atoms with Crippen LogP contribution in [0.15, 0.2) is 24.5 Å². The van der Waals surface area contributed by atoms with E-state index in [2.05, 4.69) is 19.2 Å². The number of ether oxygens (including phenoxy) is 1. The van der Waals surface area contributed by atoms with E-state index < -0.39 is 11.9 Å². The molecule has 2 aromatic rings. The van der Waals surface area contributed by atoms with Crippen molar-refractivity contribution in [3.63, 3.8) is 0 Å². The molecule has 156 valence electrons. The Kier molecular flexibility index (Phi) is 7.90. The van der Waals surface area contributed by atoms with Gasteiger partial charge in [0.15, 0.2) is 12.4 Å². The molecule has 0 saturated carbocycles. The third-order valence-electron chi connectivity index (χ3n) is 4.80.